The fourth-order valence-electron chi connectivity index (χ4n) is 3.11. The van der Waals surface area contributed by atoms with E-state index >= 15 is 0 Å². The van der Waals surface area contributed by atoms with Gasteiger partial charge in [-0.2, -0.15) is 0 Å². The monoisotopic (exact) mass is 225 g/mol. The quantitative estimate of drug-likeness (QED) is 0.743. The van der Waals surface area contributed by atoms with Crippen LogP contribution in [0.25, 0.3) is 0 Å². The Morgan fingerprint density at radius 1 is 1.06 bits per heavy atom. The van der Waals surface area contributed by atoms with Crippen LogP contribution in [0, 0.1) is 23.7 Å². The van der Waals surface area contributed by atoms with Crippen LogP contribution in [-0.2, 0) is 0 Å². The van der Waals surface area contributed by atoms with E-state index in [2.05, 4.69) is 39.9 Å². The summed E-state index contributed by atoms with van der Waals surface area (Å²) in [7, 11) is 0. The smallest absolute Gasteiger partial charge is 0.00104 e. The highest BCUT2D eigenvalue weighted by Gasteiger charge is 2.28. The molecule has 1 aliphatic rings. The molecule has 1 saturated carbocycles. The number of hydrogen-bond acceptors (Lipinski definition) is 1. The lowest BCUT2D eigenvalue weighted by molar-refractivity contribution is 0.158. The van der Waals surface area contributed by atoms with Crippen LogP contribution in [0.5, 0.6) is 0 Å². The summed E-state index contributed by atoms with van der Waals surface area (Å²) in [4.78, 5) is 0. The maximum absolute atomic E-state index is 3.63. The van der Waals surface area contributed by atoms with Gasteiger partial charge in [-0.15, -0.1) is 0 Å². The summed E-state index contributed by atoms with van der Waals surface area (Å²) in [6.45, 7) is 12.9. The molecule has 0 heterocycles. The third-order valence-corrected chi connectivity index (χ3v) is 3.96. The van der Waals surface area contributed by atoms with Gasteiger partial charge in [-0.3, -0.25) is 0 Å². The molecular weight excluding hydrogens is 194 g/mol. The summed E-state index contributed by atoms with van der Waals surface area (Å²) in [5.74, 6) is 3.71. The Balaban J connectivity index is 2.44. The molecule has 0 amide bonds. The summed E-state index contributed by atoms with van der Waals surface area (Å²) in [5.41, 5.74) is 0. The Morgan fingerprint density at radius 2 is 1.75 bits per heavy atom. The zero-order chi connectivity index (χ0) is 12.1. The second-order valence-corrected chi connectivity index (χ2v) is 6.63. The molecular formula is C15H31N. The highest BCUT2D eigenvalue weighted by molar-refractivity contribution is 4.81. The van der Waals surface area contributed by atoms with Gasteiger partial charge in [0, 0.05) is 6.04 Å². The van der Waals surface area contributed by atoms with E-state index in [0.717, 1.165) is 23.7 Å². The second kappa shape index (κ2) is 6.64. The molecule has 0 aromatic carbocycles. The van der Waals surface area contributed by atoms with Crippen molar-refractivity contribution in [1.82, 2.24) is 5.32 Å². The Kier molecular flexibility index (Phi) is 5.82. The SMILES string of the molecule is CC(C)CC1CC(C)CCC1CNC(C)C. The van der Waals surface area contributed by atoms with E-state index in [1.54, 1.807) is 0 Å². The van der Waals surface area contributed by atoms with Crippen molar-refractivity contribution < 1.29 is 0 Å². The summed E-state index contributed by atoms with van der Waals surface area (Å²) in [6.07, 6.45) is 5.77. The first kappa shape index (κ1) is 14.0. The summed E-state index contributed by atoms with van der Waals surface area (Å²) < 4.78 is 0. The normalized spacial score (nSPS) is 31.3. The zero-order valence-electron chi connectivity index (χ0n) is 11.9. The molecule has 1 fully saturated rings. The molecule has 1 aliphatic carbocycles. The molecule has 96 valence electrons. The molecule has 3 atom stereocenters. The molecule has 0 bridgehead atoms. The highest BCUT2D eigenvalue weighted by Crippen LogP contribution is 2.37. The molecule has 0 aromatic rings. The minimum Gasteiger partial charge on any atom is -0.314 e. The van der Waals surface area contributed by atoms with Crippen LogP contribution in [0.15, 0.2) is 0 Å². The van der Waals surface area contributed by atoms with Gasteiger partial charge >= 0.3 is 0 Å². The second-order valence-electron chi connectivity index (χ2n) is 6.63. The molecule has 1 heteroatoms. The molecule has 0 spiro atoms. The van der Waals surface area contributed by atoms with Gasteiger partial charge in [-0.05, 0) is 49.5 Å². The van der Waals surface area contributed by atoms with Crippen LogP contribution in [0.2, 0.25) is 0 Å². The van der Waals surface area contributed by atoms with Crippen LogP contribution in [0.3, 0.4) is 0 Å². The number of hydrogen-bond donors (Lipinski definition) is 1. The van der Waals surface area contributed by atoms with E-state index in [9.17, 15) is 0 Å². The average Bonchev–Trinajstić information content (AvgIpc) is 2.15. The predicted octanol–water partition coefficient (Wildman–Crippen LogP) is 4.08. The molecule has 1 rings (SSSR count). The molecule has 0 aromatic heterocycles. The topological polar surface area (TPSA) is 12.0 Å². The van der Waals surface area contributed by atoms with Crippen LogP contribution in [-0.4, -0.2) is 12.6 Å². The zero-order valence-corrected chi connectivity index (χ0v) is 11.9. The van der Waals surface area contributed by atoms with Gasteiger partial charge in [0.05, 0.1) is 0 Å². The minimum absolute atomic E-state index is 0.638. The van der Waals surface area contributed by atoms with Crippen molar-refractivity contribution in [3.63, 3.8) is 0 Å². The summed E-state index contributed by atoms with van der Waals surface area (Å²) in [5, 5.41) is 3.63. The minimum atomic E-state index is 0.638. The van der Waals surface area contributed by atoms with Crippen LogP contribution < -0.4 is 5.32 Å². The van der Waals surface area contributed by atoms with Crippen LogP contribution in [0.4, 0.5) is 0 Å². The van der Waals surface area contributed by atoms with Crippen molar-refractivity contribution >= 4 is 0 Å². The van der Waals surface area contributed by atoms with Crippen molar-refractivity contribution in [2.24, 2.45) is 23.7 Å². The molecule has 0 radical (unpaired) electrons. The third kappa shape index (κ3) is 4.86. The van der Waals surface area contributed by atoms with E-state index in [1.165, 1.54) is 32.2 Å². The van der Waals surface area contributed by atoms with Gasteiger partial charge in [0.2, 0.25) is 0 Å². The van der Waals surface area contributed by atoms with Crippen molar-refractivity contribution in [1.29, 1.82) is 0 Å². The van der Waals surface area contributed by atoms with Crippen molar-refractivity contribution in [3.8, 4) is 0 Å². The van der Waals surface area contributed by atoms with Gasteiger partial charge in [0.15, 0.2) is 0 Å². The van der Waals surface area contributed by atoms with E-state index in [-0.39, 0.29) is 0 Å². The molecule has 3 unspecified atom stereocenters. The van der Waals surface area contributed by atoms with E-state index < -0.39 is 0 Å². The maximum atomic E-state index is 3.63. The fourth-order valence-corrected chi connectivity index (χ4v) is 3.11. The Hall–Kier alpha value is -0.0400. The lowest BCUT2D eigenvalue weighted by atomic mass is 9.71. The molecule has 16 heavy (non-hydrogen) atoms. The Labute approximate surface area is 102 Å². The Morgan fingerprint density at radius 3 is 2.31 bits per heavy atom. The average molecular weight is 225 g/mol. The van der Waals surface area contributed by atoms with Crippen molar-refractivity contribution in [3.05, 3.63) is 0 Å². The molecule has 1 nitrogen and oxygen atoms in total. The van der Waals surface area contributed by atoms with Gasteiger partial charge in [0.25, 0.3) is 0 Å². The lowest BCUT2D eigenvalue weighted by Crippen LogP contribution is -2.36. The van der Waals surface area contributed by atoms with Crippen LogP contribution >= 0.6 is 0 Å². The van der Waals surface area contributed by atoms with Crippen molar-refractivity contribution in [2.45, 2.75) is 66.3 Å². The first-order valence-corrected chi connectivity index (χ1v) is 7.22. The number of nitrogens with one attached hydrogen (secondary N) is 1. The predicted molar refractivity (Wildman–Crippen MR) is 72.6 cm³/mol. The Bertz CT molecular complexity index is 184. The van der Waals surface area contributed by atoms with Gasteiger partial charge in [-0.1, -0.05) is 41.0 Å². The van der Waals surface area contributed by atoms with Crippen molar-refractivity contribution in [2.75, 3.05) is 6.54 Å². The largest absolute Gasteiger partial charge is 0.314 e. The highest BCUT2D eigenvalue weighted by atomic mass is 14.9. The first-order chi connectivity index (χ1) is 7.49. The summed E-state index contributed by atoms with van der Waals surface area (Å²) in [6, 6.07) is 0.638. The van der Waals surface area contributed by atoms with Crippen LogP contribution in [0.1, 0.15) is 60.3 Å². The number of rotatable bonds is 5. The first-order valence-electron chi connectivity index (χ1n) is 7.22. The molecule has 0 saturated heterocycles. The van der Waals surface area contributed by atoms with Gasteiger partial charge in [-0.25, -0.2) is 0 Å². The molecule has 1 N–H and O–H groups in total. The third-order valence-electron chi connectivity index (χ3n) is 3.96. The maximum Gasteiger partial charge on any atom is 0.00104 e. The lowest BCUT2D eigenvalue weighted by Gasteiger charge is -2.36. The summed E-state index contributed by atoms with van der Waals surface area (Å²) >= 11 is 0. The fraction of sp³-hybridized carbons (Fsp3) is 1.00. The van der Waals surface area contributed by atoms with E-state index in [1.807, 2.05) is 0 Å². The standard InChI is InChI=1S/C15H31N/c1-11(2)8-15-9-13(5)6-7-14(15)10-16-12(3)4/h11-16H,6-10H2,1-5H3. The molecule has 0 aliphatic heterocycles. The van der Waals surface area contributed by atoms with E-state index in [4.69, 9.17) is 0 Å². The van der Waals surface area contributed by atoms with Gasteiger partial charge in [0.1, 0.15) is 0 Å². The van der Waals surface area contributed by atoms with Gasteiger partial charge < -0.3 is 5.32 Å². The van der Waals surface area contributed by atoms with E-state index in [0.29, 0.717) is 6.04 Å².